The van der Waals surface area contributed by atoms with Gasteiger partial charge in [-0.1, -0.05) is 24.3 Å². The molecule has 0 aliphatic carbocycles. The molecular weight excluding hydrogens is 386 g/mol. The van der Waals surface area contributed by atoms with Crippen LogP contribution < -0.4 is 15.2 Å². The molecular formula is C22H19N3O5. The van der Waals surface area contributed by atoms with E-state index in [0.717, 1.165) is 16.8 Å². The lowest BCUT2D eigenvalue weighted by Crippen LogP contribution is -2.11. The van der Waals surface area contributed by atoms with Gasteiger partial charge in [0, 0.05) is 16.5 Å². The molecule has 0 spiro atoms. The molecule has 2 heterocycles. The number of carbonyl (C=O) groups is 2. The van der Waals surface area contributed by atoms with Gasteiger partial charge in [0.05, 0.1) is 42.5 Å². The molecule has 8 heteroatoms. The second-order valence-electron chi connectivity index (χ2n) is 6.68. The number of rotatable bonds is 7. The number of para-hydroxylation sites is 1. The number of hydrogen-bond donors (Lipinski definition) is 2. The molecule has 0 radical (unpaired) electrons. The van der Waals surface area contributed by atoms with E-state index in [2.05, 4.69) is 4.98 Å². The van der Waals surface area contributed by atoms with Gasteiger partial charge in [-0.15, -0.1) is 0 Å². The van der Waals surface area contributed by atoms with Gasteiger partial charge in [0.15, 0.2) is 6.61 Å². The molecule has 1 amide bonds. The molecule has 30 heavy (non-hydrogen) atoms. The molecule has 0 saturated carbocycles. The standard InChI is InChI=1S/C22H19N3O5/c1-29-17-8-3-2-5-13(17)11-25-15-7-4-6-14(22(23)28)20(15)21-16(25)9-24-10-18(21)30-12-19(26)27/h2-10H,11-12H2,1H3,(H2,23,28)(H,26,27). The van der Waals surface area contributed by atoms with Crippen LogP contribution in [0.3, 0.4) is 0 Å². The minimum absolute atomic E-state index is 0.271. The first-order valence-corrected chi connectivity index (χ1v) is 9.16. The predicted molar refractivity (Wildman–Crippen MR) is 111 cm³/mol. The number of nitrogens with zero attached hydrogens (tertiary/aromatic N) is 2. The van der Waals surface area contributed by atoms with Crippen molar-refractivity contribution in [2.75, 3.05) is 13.7 Å². The molecule has 0 unspecified atom stereocenters. The average Bonchev–Trinajstić information content (AvgIpc) is 3.07. The minimum atomic E-state index is -1.11. The number of carboxylic acid groups (broad SMARTS) is 1. The zero-order valence-electron chi connectivity index (χ0n) is 16.2. The topological polar surface area (TPSA) is 117 Å². The third-order valence-corrected chi connectivity index (χ3v) is 4.90. The highest BCUT2D eigenvalue weighted by molar-refractivity contribution is 6.19. The Morgan fingerprint density at radius 2 is 1.83 bits per heavy atom. The van der Waals surface area contributed by atoms with Crippen LogP contribution >= 0.6 is 0 Å². The first-order chi connectivity index (χ1) is 14.5. The van der Waals surface area contributed by atoms with Crippen LogP contribution in [0.25, 0.3) is 21.8 Å². The number of carboxylic acids is 1. The highest BCUT2D eigenvalue weighted by Gasteiger charge is 2.21. The number of nitrogens with two attached hydrogens (primary N) is 1. The number of aliphatic carboxylic acids is 1. The van der Waals surface area contributed by atoms with E-state index < -0.39 is 18.5 Å². The zero-order chi connectivity index (χ0) is 21.3. The maximum atomic E-state index is 12.1. The van der Waals surface area contributed by atoms with E-state index in [0.29, 0.717) is 28.4 Å². The summed E-state index contributed by atoms with van der Waals surface area (Å²) < 4.78 is 12.9. The monoisotopic (exact) mass is 405 g/mol. The minimum Gasteiger partial charge on any atom is -0.496 e. The molecule has 0 bridgehead atoms. The van der Waals surface area contributed by atoms with Crippen LogP contribution in [0.1, 0.15) is 15.9 Å². The number of methoxy groups -OCH3 is 1. The quantitative estimate of drug-likeness (QED) is 0.488. The van der Waals surface area contributed by atoms with Crippen LogP contribution in [-0.4, -0.2) is 40.3 Å². The summed E-state index contributed by atoms with van der Waals surface area (Å²) in [7, 11) is 1.61. The van der Waals surface area contributed by atoms with Gasteiger partial charge in [0.25, 0.3) is 0 Å². The first kappa shape index (κ1) is 19.3. The van der Waals surface area contributed by atoms with Gasteiger partial charge >= 0.3 is 5.97 Å². The zero-order valence-corrected chi connectivity index (χ0v) is 16.2. The van der Waals surface area contributed by atoms with Crippen LogP contribution in [0, 0.1) is 0 Å². The number of ether oxygens (including phenoxy) is 2. The van der Waals surface area contributed by atoms with Crippen LogP contribution in [-0.2, 0) is 11.3 Å². The van der Waals surface area contributed by atoms with Gasteiger partial charge in [0.1, 0.15) is 11.5 Å². The number of pyridine rings is 1. The molecule has 2 aromatic heterocycles. The Labute approximate surface area is 171 Å². The normalized spacial score (nSPS) is 11.0. The molecule has 3 N–H and O–H groups in total. The fraction of sp³-hybridized carbons (Fsp3) is 0.136. The van der Waals surface area contributed by atoms with Crippen molar-refractivity contribution in [2.24, 2.45) is 5.73 Å². The number of benzene rings is 2. The number of aromatic nitrogens is 2. The van der Waals surface area contributed by atoms with Gasteiger partial charge in [-0.25, -0.2) is 4.79 Å². The Bertz CT molecular complexity index is 1280. The van der Waals surface area contributed by atoms with Crippen molar-refractivity contribution >= 4 is 33.7 Å². The molecule has 0 fully saturated rings. The molecule has 0 saturated heterocycles. The highest BCUT2D eigenvalue weighted by Crippen LogP contribution is 2.38. The molecule has 0 atom stereocenters. The lowest BCUT2D eigenvalue weighted by Gasteiger charge is -2.11. The average molecular weight is 405 g/mol. The fourth-order valence-corrected chi connectivity index (χ4v) is 3.67. The SMILES string of the molecule is COc1ccccc1Cn1c2cncc(OCC(=O)O)c2c2c(C(N)=O)cccc21. The van der Waals surface area contributed by atoms with E-state index in [4.69, 9.17) is 20.3 Å². The van der Waals surface area contributed by atoms with Crippen molar-refractivity contribution in [1.29, 1.82) is 0 Å². The summed E-state index contributed by atoms with van der Waals surface area (Å²) in [6, 6.07) is 12.9. The number of amides is 1. The van der Waals surface area contributed by atoms with Gasteiger partial charge in [0.2, 0.25) is 5.91 Å². The maximum absolute atomic E-state index is 12.1. The second kappa shape index (κ2) is 7.75. The molecule has 0 aliphatic heterocycles. The molecule has 152 valence electrons. The molecule has 0 aliphatic rings. The van der Waals surface area contributed by atoms with Gasteiger partial charge in [-0.2, -0.15) is 0 Å². The van der Waals surface area contributed by atoms with E-state index in [1.54, 1.807) is 25.4 Å². The van der Waals surface area contributed by atoms with Crippen molar-refractivity contribution in [3.8, 4) is 11.5 Å². The molecule has 2 aromatic carbocycles. The van der Waals surface area contributed by atoms with Gasteiger partial charge < -0.3 is 24.9 Å². The van der Waals surface area contributed by atoms with E-state index in [9.17, 15) is 9.59 Å². The van der Waals surface area contributed by atoms with Crippen LogP contribution in [0.5, 0.6) is 11.5 Å². The molecule has 4 aromatic rings. The van der Waals surface area contributed by atoms with Crippen LogP contribution in [0.15, 0.2) is 54.9 Å². The summed E-state index contributed by atoms with van der Waals surface area (Å²) in [6.07, 6.45) is 3.10. The number of hydrogen-bond acceptors (Lipinski definition) is 5. The van der Waals surface area contributed by atoms with E-state index in [1.807, 2.05) is 34.9 Å². The summed E-state index contributed by atoms with van der Waals surface area (Å²) >= 11 is 0. The summed E-state index contributed by atoms with van der Waals surface area (Å²) in [5.41, 5.74) is 8.32. The largest absolute Gasteiger partial charge is 0.496 e. The van der Waals surface area contributed by atoms with Gasteiger partial charge in [-0.05, 0) is 18.2 Å². The summed E-state index contributed by atoms with van der Waals surface area (Å²) in [4.78, 5) is 27.4. The fourth-order valence-electron chi connectivity index (χ4n) is 3.67. The molecule has 8 nitrogen and oxygen atoms in total. The van der Waals surface area contributed by atoms with Crippen molar-refractivity contribution < 1.29 is 24.2 Å². The Morgan fingerprint density at radius 3 is 2.57 bits per heavy atom. The van der Waals surface area contributed by atoms with Crippen molar-refractivity contribution in [1.82, 2.24) is 9.55 Å². The van der Waals surface area contributed by atoms with Gasteiger partial charge in [-0.3, -0.25) is 9.78 Å². The van der Waals surface area contributed by atoms with Crippen molar-refractivity contribution in [3.63, 3.8) is 0 Å². The lowest BCUT2D eigenvalue weighted by molar-refractivity contribution is -0.139. The summed E-state index contributed by atoms with van der Waals surface area (Å²) in [5.74, 6) is -0.699. The van der Waals surface area contributed by atoms with Crippen molar-refractivity contribution in [2.45, 2.75) is 6.54 Å². The van der Waals surface area contributed by atoms with Crippen LogP contribution in [0.2, 0.25) is 0 Å². The van der Waals surface area contributed by atoms with E-state index in [1.165, 1.54) is 6.20 Å². The Balaban J connectivity index is 2.02. The van der Waals surface area contributed by atoms with Crippen molar-refractivity contribution in [3.05, 3.63) is 66.0 Å². The Kier molecular flexibility index (Phi) is 4.97. The number of fused-ring (bicyclic) bond motifs is 3. The molecule has 4 rings (SSSR count). The second-order valence-corrected chi connectivity index (χ2v) is 6.68. The summed E-state index contributed by atoms with van der Waals surface area (Å²) in [6.45, 7) is -0.0883. The third kappa shape index (κ3) is 3.28. The number of primary amides is 1. The van der Waals surface area contributed by atoms with Crippen LogP contribution in [0.4, 0.5) is 0 Å². The Hall–Kier alpha value is -4.07. The first-order valence-electron chi connectivity index (χ1n) is 9.16. The highest BCUT2D eigenvalue weighted by atomic mass is 16.5. The Morgan fingerprint density at radius 1 is 1.03 bits per heavy atom. The lowest BCUT2D eigenvalue weighted by atomic mass is 10.1. The maximum Gasteiger partial charge on any atom is 0.341 e. The predicted octanol–water partition coefficient (Wildman–Crippen LogP) is 2.81. The summed E-state index contributed by atoms with van der Waals surface area (Å²) in [5, 5.41) is 10.2. The smallest absolute Gasteiger partial charge is 0.341 e. The third-order valence-electron chi connectivity index (χ3n) is 4.90. The van der Waals surface area contributed by atoms with E-state index in [-0.39, 0.29) is 5.75 Å². The van der Waals surface area contributed by atoms with E-state index >= 15 is 0 Å². The number of carbonyl (C=O) groups excluding carboxylic acids is 1.